The molecule has 0 spiro atoms. The van der Waals surface area contributed by atoms with E-state index >= 15 is 0 Å². The van der Waals surface area contributed by atoms with Crippen molar-refractivity contribution in [3.8, 4) is 0 Å². The van der Waals surface area contributed by atoms with Crippen molar-refractivity contribution in [3.05, 3.63) is 93.7 Å². The fourth-order valence-electron chi connectivity index (χ4n) is 4.15. The molecule has 1 aliphatic rings. The van der Waals surface area contributed by atoms with E-state index in [2.05, 4.69) is 39.8 Å². The number of hydrogen-bond acceptors (Lipinski definition) is 4. The Labute approximate surface area is 199 Å². The maximum atomic E-state index is 13.0. The second-order valence-electron chi connectivity index (χ2n) is 8.56. The molecular weight excluding hydrogens is 430 g/mol. The molecule has 0 bridgehead atoms. The van der Waals surface area contributed by atoms with Crippen molar-refractivity contribution in [1.29, 1.82) is 0 Å². The second kappa shape index (κ2) is 11.8. The summed E-state index contributed by atoms with van der Waals surface area (Å²) >= 11 is 1.37. The lowest BCUT2D eigenvalue weighted by molar-refractivity contribution is -0.123. The molecule has 0 radical (unpaired) electrons. The maximum absolute atomic E-state index is 13.0. The zero-order valence-corrected chi connectivity index (χ0v) is 19.7. The van der Waals surface area contributed by atoms with Crippen molar-refractivity contribution in [3.63, 3.8) is 0 Å². The number of nitrogens with zero attached hydrogens (tertiary/aromatic N) is 1. The van der Waals surface area contributed by atoms with Gasteiger partial charge in [-0.05, 0) is 54.1 Å². The Hall–Kier alpha value is -2.96. The molecule has 5 nitrogen and oxygen atoms in total. The Balaban J connectivity index is 1.34. The number of carbonyl (C=O) groups is 2. The molecule has 3 aromatic rings. The molecule has 0 saturated carbocycles. The zero-order valence-electron chi connectivity index (χ0n) is 18.8. The molecule has 1 fully saturated rings. The van der Waals surface area contributed by atoms with Gasteiger partial charge in [0.15, 0.2) is 0 Å². The third-order valence-corrected chi connectivity index (χ3v) is 6.86. The van der Waals surface area contributed by atoms with E-state index in [1.165, 1.54) is 49.3 Å². The van der Waals surface area contributed by atoms with Crippen LogP contribution in [0, 0.1) is 0 Å². The SMILES string of the molecule is O=C(N[C@@H](Cc1ccccc1)C(=O)NCc1ccc(CN2CCCCC2)cc1)c1cccs1. The van der Waals surface area contributed by atoms with Gasteiger partial charge in [-0.1, -0.05) is 67.1 Å². The molecule has 2 heterocycles. The van der Waals surface area contributed by atoms with Crippen LogP contribution in [0.25, 0.3) is 0 Å². The number of likely N-dealkylation sites (tertiary alicyclic amines) is 1. The first-order valence-electron chi connectivity index (χ1n) is 11.6. The minimum Gasteiger partial charge on any atom is -0.350 e. The van der Waals surface area contributed by atoms with Crippen LogP contribution >= 0.6 is 11.3 Å². The summed E-state index contributed by atoms with van der Waals surface area (Å²) in [6, 6.07) is 21.2. The standard InChI is InChI=1S/C27H31N3O2S/c31-26(28-19-22-11-13-23(14-12-22)20-30-15-5-2-6-16-30)24(18-21-8-3-1-4-9-21)29-27(32)25-10-7-17-33-25/h1,3-4,7-14,17,24H,2,5-6,15-16,18-20H2,(H,28,31)(H,29,32)/t24-/m0/s1. The van der Waals surface area contributed by atoms with Gasteiger partial charge >= 0.3 is 0 Å². The fraction of sp³-hybridized carbons (Fsp3) is 0.333. The molecule has 1 aromatic heterocycles. The van der Waals surface area contributed by atoms with Gasteiger partial charge in [-0.2, -0.15) is 0 Å². The number of carbonyl (C=O) groups excluding carboxylic acids is 2. The first-order valence-corrected chi connectivity index (χ1v) is 12.5. The predicted molar refractivity (Wildman–Crippen MR) is 133 cm³/mol. The lowest BCUT2D eigenvalue weighted by atomic mass is 10.0. The topological polar surface area (TPSA) is 61.4 Å². The van der Waals surface area contributed by atoms with Gasteiger partial charge in [0.1, 0.15) is 6.04 Å². The van der Waals surface area contributed by atoms with E-state index in [4.69, 9.17) is 0 Å². The Morgan fingerprint density at radius 2 is 1.58 bits per heavy atom. The first kappa shape index (κ1) is 23.2. The van der Waals surface area contributed by atoms with Gasteiger partial charge in [-0.25, -0.2) is 0 Å². The zero-order chi connectivity index (χ0) is 22.9. The van der Waals surface area contributed by atoms with Gasteiger partial charge in [0.25, 0.3) is 5.91 Å². The summed E-state index contributed by atoms with van der Waals surface area (Å²) in [6.07, 6.45) is 4.36. The Kier molecular flexibility index (Phi) is 8.28. The van der Waals surface area contributed by atoms with Crippen molar-refractivity contribution < 1.29 is 9.59 Å². The van der Waals surface area contributed by atoms with E-state index in [0.29, 0.717) is 17.8 Å². The number of hydrogen-bond donors (Lipinski definition) is 2. The molecule has 33 heavy (non-hydrogen) atoms. The molecule has 6 heteroatoms. The highest BCUT2D eigenvalue weighted by atomic mass is 32.1. The highest BCUT2D eigenvalue weighted by Crippen LogP contribution is 2.14. The quantitative estimate of drug-likeness (QED) is 0.497. The van der Waals surface area contributed by atoms with Gasteiger partial charge in [0.2, 0.25) is 5.91 Å². The highest BCUT2D eigenvalue weighted by molar-refractivity contribution is 7.12. The Morgan fingerprint density at radius 1 is 0.848 bits per heavy atom. The van der Waals surface area contributed by atoms with Crippen LogP contribution in [-0.2, 0) is 24.3 Å². The molecule has 1 saturated heterocycles. The second-order valence-corrected chi connectivity index (χ2v) is 9.51. The lowest BCUT2D eigenvalue weighted by Crippen LogP contribution is -2.47. The van der Waals surface area contributed by atoms with Crippen molar-refractivity contribution in [2.45, 2.75) is 44.8 Å². The summed E-state index contributed by atoms with van der Waals surface area (Å²) in [5.41, 5.74) is 3.36. The van der Waals surface area contributed by atoms with Crippen LogP contribution in [0.3, 0.4) is 0 Å². The third-order valence-electron chi connectivity index (χ3n) is 5.99. The van der Waals surface area contributed by atoms with E-state index < -0.39 is 6.04 Å². The first-order chi connectivity index (χ1) is 16.2. The van der Waals surface area contributed by atoms with Crippen molar-refractivity contribution >= 4 is 23.2 Å². The molecule has 0 unspecified atom stereocenters. The highest BCUT2D eigenvalue weighted by Gasteiger charge is 2.22. The van der Waals surface area contributed by atoms with Crippen LogP contribution < -0.4 is 10.6 Å². The minimum atomic E-state index is -0.639. The van der Waals surface area contributed by atoms with Crippen LogP contribution in [0.15, 0.2) is 72.1 Å². The number of amides is 2. The molecular formula is C27H31N3O2S. The van der Waals surface area contributed by atoms with Crippen LogP contribution in [0.2, 0.25) is 0 Å². The summed E-state index contributed by atoms with van der Waals surface area (Å²) in [6.45, 7) is 3.78. The van der Waals surface area contributed by atoms with Crippen LogP contribution in [0.1, 0.15) is 45.6 Å². The van der Waals surface area contributed by atoms with Crippen LogP contribution in [-0.4, -0.2) is 35.8 Å². The van der Waals surface area contributed by atoms with E-state index in [0.717, 1.165) is 17.7 Å². The van der Waals surface area contributed by atoms with Crippen molar-refractivity contribution in [2.75, 3.05) is 13.1 Å². The summed E-state index contributed by atoms with van der Waals surface area (Å²) in [5.74, 6) is -0.399. The van der Waals surface area contributed by atoms with E-state index in [-0.39, 0.29) is 11.8 Å². The Morgan fingerprint density at radius 3 is 2.27 bits per heavy atom. The van der Waals surface area contributed by atoms with Gasteiger partial charge in [0.05, 0.1) is 4.88 Å². The number of thiophene rings is 1. The minimum absolute atomic E-state index is 0.179. The van der Waals surface area contributed by atoms with Gasteiger partial charge in [0, 0.05) is 19.5 Å². The summed E-state index contributed by atoms with van der Waals surface area (Å²) in [4.78, 5) is 28.7. The van der Waals surface area contributed by atoms with Crippen molar-refractivity contribution in [2.24, 2.45) is 0 Å². The summed E-state index contributed by atoms with van der Waals surface area (Å²) in [5, 5.41) is 7.78. The lowest BCUT2D eigenvalue weighted by Gasteiger charge is -2.26. The number of benzene rings is 2. The fourth-order valence-corrected chi connectivity index (χ4v) is 4.77. The molecule has 172 valence electrons. The van der Waals surface area contributed by atoms with Gasteiger partial charge < -0.3 is 10.6 Å². The van der Waals surface area contributed by atoms with Gasteiger partial charge in [-0.15, -0.1) is 11.3 Å². The normalized spacial score (nSPS) is 15.0. The smallest absolute Gasteiger partial charge is 0.262 e. The average molecular weight is 462 g/mol. The molecule has 2 aromatic carbocycles. The molecule has 2 N–H and O–H groups in total. The summed E-state index contributed by atoms with van der Waals surface area (Å²) < 4.78 is 0. The van der Waals surface area contributed by atoms with E-state index in [1.807, 2.05) is 41.8 Å². The summed E-state index contributed by atoms with van der Waals surface area (Å²) in [7, 11) is 0. The Bertz CT molecular complexity index is 1010. The average Bonchev–Trinajstić information content (AvgIpc) is 3.40. The van der Waals surface area contributed by atoms with Crippen molar-refractivity contribution in [1.82, 2.24) is 15.5 Å². The maximum Gasteiger partial charge on any atom is 0.262 e. The predicted octanol–water partition coefficient (Wildman–Crippen LogP) is 4.39. The van der Waals surface area contributed by atoms with E-state index in [1.54, 1.807) is 6.07 Å². The molecule has 4 rings (SSSR count). The molecule has 1 aliphatic heterocycles. The molecule has 0 aliphatic carbocycles. The van der Waals surface area contributed by atoms with Crippen LogP contribution in [0.5, 0.6) is 0 Å². The third kappa shape index (κ3) is 7.01. The largest absolute Gasteiger partial charge is 0.350 e. The molecule has 1 atom stereocenters. The number of nitrogens with one attached hydrogen (secondary N) is 2. The number of piperidine rings is 1. The number of rotatable bonds is 9. The monoisotopic (exact) mass is 461 g/mol. The van der Waals surface area contributed by atoms with Crippen LogP contribution in [0.4, 0.5) is 0 Å². The van der Waals surface area contributed by atoms with Gasteiger partial charge in [-0.3, -0.25) is 14.5 Å². The molecule has 2 amide bonds. The van der Waals surface area contributed by atoms with E-state index in [9.17, 15) is 9.59 Å².